The Balaban J connectivity index is 2.02. The summed E-state index contributed by atoms with van der Waals surface area (Å²) in [6.07, 6.45) is 0.705. The molecule has 4 nitrogen and oxygen atoms in total. The van der Waals surface area contributed by atoms with Crippen molar-refractivity contribution < 1.29 is 13.4 Å². The maximum Gasteiger partial charge on any atom is 0.321 e. The summed E-state index contributed by atoms with van der Waals surface area (Å²) in [6, 6.07) is 4.35. The average molecular weight is 298 g/mol. The number of amides is 2. The number of rotatable bonds is 1. The van der Waals surface area contributed by atoms with E-state index >= 15 is 0 Å². The zero-order valence-corrected chi connectivity index (χ0v) is 12.5. The van der Waals surface area contributed by atoms with Gasteiger partial charge in [-0.15, -0.1) is 0 Å². The number of hydrogen-bond donors (Lipinski definition) is 1. The maximum atomic E-state index is 13.7. The first-order valence-electron chi connectivity index (χ1n) is 6.66. The van der Waals surface area contributed by atoms with Crippen molar-refractivity contribution in [2.45, 2.75) is 25.5 Å². The Morgan fingerprint density at radius 3 is 2.90 bits per heavy atom. The highest BCUT2D eigenvalue weighted by Gasteiger charge is 2.23. The molecule has 0 aliphatic carbocycles. The second kappa shape index (κ2) is 6.35. The third kappa shape index (κ3) is 3.56. The van der Waals surface area contributed by atoms with Gasteiger partial charge in [0.2, 0.25) is 0 Å². The molecule has 2 rings (SSSR count). The molecule has 6 heteroatoms. The van der Waals surface area contributed by atoms with Gasteiger partial charge in [-0.2, -0.15) is 0 Å². The molecule has 1 aliphatic rings. The van der Waals surface area contributed by atoms with Crippen LogP contribution >= 0.6 is 0 Å². The number of halogens is 1. The summed E-state index contributed by atoms with van der Waals surface area (Å²) >= 11 is 0. The average Bonchev–Trinajstić information content (AvgIpc) is 2.56. The lowest BCUT2D eigenvalue weighted by atomic mass is 10.2. The summed E-state index contributed by atoms with van der Waals surface area (Å²) in [5, 5.41) is 2.68. The number of anilines is 1. The molecule has 0 bridgehead atoms. The minimum Gasteiger partial charge on any atom is -0.324 e. The molecule has 1 aliphatic heterocycles. The van der Waals surface area contributed by atoms with Crippen LogP contribution in [0.3, 0.4) is 0 Å². The summed E-state index contributed by atoms with van der Waals surface area (Å²) in [5.74, 6) is 0.0374. The van der Waals surface area contributed by atoms with Gasteiger partial charge in [0.05, 0.1) is 5.69 Å². The van der Waals surface area contributed by atoms with E-state index in [1.54, 1.807) is 24.0 Å². The van der Waals surface area contributed by atoms with Gasteiger partial charge in [0.15, 0.2) is 0 Å². The van der Waals surface area contributed by atoms with E-state index in [4.69, 9.17) is 0 Å². The molecule has 0 spiro atoms. The predicted octanol–water partition coefficient (Wildman–Crippen LogP) is 2.51. The Bertz CT molecular complexity index is 536. The highest BCUT2D eigenvalue weighted by atomic mass is 32.2. The second-order valence-corrected chi connectivity index (χ2v) is 7.06. The smallest absolute Gasteiger partial charge is 0.321 e. The van der Waals surface area contributed by atoms with Crippen LogP contribution in [0.25, 0.3) is 0 Å². The zero-order valence-electron chi connectivity index (χ0n) is 11.7. The Morgan fingerprint density at radius 1 is 1.45 bits per heavy atom. The fourth-order valence-corrected chi connectivity index (χ4v) is 3.27. The van der Waals surface area contributed by atoms with Crippen molar-refractivity contribution in [3.63, 3.8) is 0 Å². The van der Waals surface area contributed by atoms with Gasteiger partial charge >= 0.3 is 6.03 Å². The van der Waals surface area contributed by atoms with Crippen molar-refractivity contribution in [3.8, 4) is 0 Å². The van der Waals surface area contributed by atoms with Crippen LogP contribution in [0.15, 0.2) is 18.2 Å². The van der Waals surface area contributed by atoms with Crippen molar-refractivity contribution in [2.75, 3.05) is 24.2 Å². The minimum absolute atomic E-state index is 0.101. The van der Waals surface area contributed by atoms with Crippen molar-refractivity contribution in [1.29, 1.82) is 0 Å². The maximum absolute atomic E-state index is 13.7. The number of carbonyl (C=O) groups excluding carboxylic acids is 1. The van der Waals surface area contributed by atoms with Crippen molar-refractivity contribution >= 4 is 22.5 Å². The Kier molecular flexibility index (Phi) is 4.75. The lowest BCUT2D eigenvalue weighted by Gasteiger charge is -2.20. The van der Waals surface area contributed by atoms with Gasteiger partial charge < -0.3 is 10.2 Å². The van der Waals surface area contributed by atoms with Crippen LogP contribution in [0.2, 0.25) is 0 Å². The Labute approximate surface area is 120 Å². The first kappa shape index (κ1) is 15.0. The van der Waals surface area contributed by atoms with Crippen molar-refractivity contribution in [1.82, 2.24) is 4.90 Å². The third-order valence-electron chi connectivity index (χ3n) is 3.47. The molecule has 1 heterocycles. The summed E-state index contributed by atoms with van der Waals surface area (Å²) in [6.45, 7) is 4.71. The number of benzene rings is 1. The molecule has 1 saturated heterocycles. The van der Waals surface area contributed by atoms with Crippen LogP contribution in [0.4, 0.5) is 14.9 Å². The number of carbonyl (C=O) groups is 1. The Morgan fingerprint density at radius 2 is 2.20 bits per heavy atom. The highest BCUT2D eigenvalue weighted by molar-refractivity contribution is 7.85. The summed E-state index contributed by atoms with van der Waals surface area (Å²) in [7, 11) is -0.889. The van der Waals surface area contributed by atoms with Crippen LogP contribution in [0.1, 0.15) is 18.9 Å². The summed E-state index contributed by atoms with van der Waals surface area (Å²) in [4.78, 5) is 13.7. The van der Waals surface area contributed by atoms with Gasteiger partial charge in [-0.3, -0.25) is 4.21 Å². The molecule has 0 radical (unpaired) electrons. The normalized spacial score (nSPS) is 23.2. The summed E-state index contributed by atoms with van der Waals surface area (Å²) < 4.78 is 25.4. The molecule has 0 saturated carbocycles. The van der Waals surface area contributed by atoms with Crippen LogP contribution in [-0.4, -0.2) is 39.2 Å². The van der Waals surface area contributed by atoms with Gasteiger partial charge in [0, 0.05) is 34.9 Å². The molecule has 2 unspecified atom stereocenters. The fraction of sp³-hybridized carbons (Fsp3) is 0.500. The van der Waals surface area contributed by atoms with E-state index in [1.165, 1.54) is 6.07 Å². The van der Waals surface area contributed by atoms with Crippen molar-refractivity contribution in [2.24, 2.45) is 0 Å². The number of urea groups is 1. The van der Waals surface area contributed by atoms with Gasteiger partial charge in [0.25, 0.3) is 0 Å². The lowest BCUT2D eigenvalue weighted by molar-refractivity contribution is 0.215. The fourth-order valence-electron chi connectivity index (χ4n) is 2.10. The standard InChI is InChI=1S/C14H19FN2O2S/c1-10-3-4-13(12(15)9-10)16-14(18)17-6-5-11(2)20(19)8-7-17/h3-4,9,11H,5-8H2,1-2H3,(H,16,18). The van der Waals surface area contributed by atoms with E-state index in [1.807, 2.05) is 6.92 Å². The minimum atomic E-state index is -0.889. The summed E-state index contributed by atoms with van der Waals surface area (Å²) in [5.41, 5.74) is 0.985. The molecule has 20 heavy (non-hydrogen) atoms. The number of nitrogens with zero attached hydrogens (tertiary/aromatic N) is 1. The first-order chi connectivity index (χ1) is 9.47. The monoisotopic (exact) mass is 298 g/mol. The lowest BCUT2D eigenvalue weighted by Crippen LogP contribution is -2.37. The van der Waals surface area contributed by atoms with E-state index < -0.39 is 16.6 Å². The van der Waals surface area contributed by atoms with E-state index in [0.717, 1.165) is 5.56 Å². The van der Waals surface area contributed by atoms with E-state index in [2.05, 4.69) is 5.32 Å². The predicted molar refractivity (Wildman–Crippen MR) is 78.8 cm³/mol. The van der Waals surface area contributed by atoms with Gasteiger partial charge in [-0.1, -0.05) is 13.0 Å². The molecule has 1 fully saturated rings. The molecule has 2 atom stereocenters. The van der Waals surface area contributed by atoms with E-state index in [0.29, 0.717) is 25.3 Å². The SMILES string of the molecule is Cc1ccc(NC(=O)N2CCC(C)S(=O)CC2)c(F)c1. The van der Waals surface area contributed by atoms with Crippen LogP contribution in [-0.2, 0) is 10.8 Å². The molecule has 1 N–H and O–H groups in total. The topological polar surface area (TPSA) is 49.4 Å². The van der Waals surface area contributed by atoms with E-state index in [-0.39, 0.29) is 17.0 Å². The van der Waals surface area contributed by atoms with Crippen LogP contribution < -0.4 is 5.32 Å². The quantitative estimate of drug-likeness (QED) is 0.866. The van der Waals surface area contributed by atoms with Crippen LogP contribution in [0, 0.1) is 12.7 Å². The van der Waals surface area contributed by atoms with Crippen molar-refractivity contribution in [3.05, 3.63) is 29.6 Å². The molecular formula is C14H19FN2O2S. The van der Waals surface area contributed by atoms with Gasteiger partial charge in [-0.25, -0.2) is 9.18 Å². The molecule has 1 aromatic carbocycles. The Hall–Kier alpha value is -1.43. The molecular weight excluding hydrogens is 279 g/mol. The van der Waals surface area contributed by atoms with Gasteiger partial charge in [-0.05, 0) is 31.0 Å². The first-order valence-corrected chi connectivity index (χ1v) is 8.05. The molecule has 110 valence electrons. The van der Waals surface area contributed by atoms with Crippen LogP contribution in [0.5, 0.6) is 0 Å². The molecule has 2 amide bonds. The number of nitrogens with one attached hydrogen (secondary N) is 1. The molecule has 0 aromatic heterocycles. The number of aryl methyl sites for hydroxylation is 1. The molecule has 1 aromatic rings. The second-order valence-electron chi connectivity index (χ2n) is 5.08. The third-order valence-corrected chi connectivity index (χ3v) is 5.19. The highest BCUT2D eigenvalue weighted by Crippen LogP contribution is 2.17. The largest absolute Gasteiger partial charge is 0.324 e. The van der Waals surface area contributed by atoms with Gasteiger partial charge in [0.1, 0.15) is 5.82 Å². The number of hydrogen-bond acceptors (Lipinski definition) is 2. The van der Waals surface area contributed by atoms with E-state index in [9.17, 15) is 13.4 Å². The zero-order chi connectivity index (χ0) is 14.7.